The van der Waals surface area contributed by atoms with E-state index in [1.54, 1.807) is 6.07 Å². The Bertz CT molecular complexity index is 776. The number of carbonyl (C=O) groups excluding carboxylic acids is 2. The normalized spacial score (nSPS) is 20.9. The van der Waals surface area contributed by atoms with Crippen LogP contribution in [0.3, 0.4) is 0 Å². The summed E-state index contributed by atoms with van der Waals surface area (Å²) in [6, 6.07) is 4.52. The highest BCUT2D eigenvalue weighted by Gasteiger charge is 2.27. The average molecular weight is 403 g/mol. The molecule has 158 valence electrons. The molecule has 8 heteroatoms. The van der Waals surface area contributed by atoms with Crippen LogP contribution in [0.25, 0.3) is 0 Å². The maximum Gasteiger partial charge on any atom is 0.339 e. The monoisotopic (exact) mass is 403 g/mol. The topological polar surface area (TPSA) is 102 Å². The number of anilines is 1. The molecule has 2 atom stereocenters. The van der Waals surface area contributed by atoms with Gasteiger partial charge in [-0.1, -0.05) is 19.8 Å². The Morgan fingerprint density at radius 3 is 2.62 bits per heavy atom. The van der Waals surface area contributed by atoms with Crippen LogP contribution >= 0.6 is 0 Å². The van der Waals surface area contributed by atoms with Crippen LogP contribution in [0.15, 0.2) is 18.2 Å². The molecular formula is C21H29N3O5. The summed E-state index contributed by atoms with van der Waals surface area (Å²) in [5.41, 5.74) is 0.479. The lowest BCUT2D eigenvalue weighted by Gasteiger charge is -2.32. The van der Waals surface area contributed by atoms with E-state index in [1.807, 2.05) is 4.90 Å². The zero-order valence-electron chi connectivity index (χ0n) is 17.1. The van der Waals surface area contributed by atoms with Crippen molar-refractivity contribution in [2.24, 2.45) is 5.92 Å². The van der Waals surface area contributed by atoms with Gasteiger partial charge in [0.25, 0.3) is 11.6 Å². The molecule has 1 N–H and O–H groups in total. The van der Waals surface area contributed by atoms with Crippen LogP contribution < -0.4 is 10.2 Å². The van der Waals surface area contributed by atoms with E-state index in [2.05, 4.69) is 12.2 Å². The van der Waals surface area contributed by atoms with Gasteiger partial charge < -0.3 is 15.0 Å². The third kappa shape index (κ3) is 5.25. The molecule has 1 saturated heterocycles. The van der Waals surface area contributed by atoms with Gasteiger partial charge in [-0.15, -0.1) is 0 Å². The third-order valence-electron chi connectivity index (χ3n) is 5.76. The van der Waals surface area contributed by atoms with Gasteiger partial charge in [-0.25, -0.2) is 4.79 Å². The van der Waals surface area contributed by atoms with E-state index in [0.29, 0.717) is 11.6 Å². The number of piperidine rings is 1. The molecule has 1 aliphatic heterocycles. The third-order valence-corrected chi connectivity index (χ3v) is 5.76. The summed E-state index contributed by atoms with van der Waals surface area (Å²) in [5.74, 6) is -0.605. The summed E-state index contributed by atoms with van der Waals surface area (Å²) < 4.78 is 5.26. The van der Waals surface area contributed by atoms with Gasteiger partial charge in [-0.2, -0.15) is 0 Å². The van der Waals surface area contributed by atoms with Crippen LogP contribution in [0.5, 0.6) is 0 Å². The zero-order chi connectivity index (χ0) is 21.0. The zero-order valence-corrected chi connectivity index (χ0v) is 17.1. The largest absolute Gasteiger partial charge is 0.449 e. The summed E-state index contributed by atoms with van der Waals surface area (Å²) in [6.07, 6.45) is 5.19. The van der Waals surface area contributed by atoms with E-state index < -0.39 is 17.0 Å². The maximum absolute atomic E-state index is 12.5. The van der Waals surface area contributed by atoms with Gasteiger partial charge in [0.1, 0.15) is 5.69 Å². The van der Waals surface area contributed by atoms with Gasteiger partial charge in [-0.3, -0.25) is 14.9 Å². The van der Waals surface area contributed by atoms with Gasteiger partial charge in [-0.05, 0) is 50.7 Å². The highest BCUT2D eigenvalue weighted by Crippen LogP contribution is 2.32. The van der Waals surface area contributed by atoms with Crippen molar-refractivity contribution < 1.29 is 19.2 Å². The number of nitro groups is 1. The first kappa shape index (κ1) is 21.1. The summed E-state index contributed by atoms with van der Waals surface area (Å²) in [7, 11) is 0. The van der Waals surface area contributed by atoms with E-state index in [4.69, 9.17) is 4.74 Å². The van der Waals surface area contributed by atoms with Crippen LogP contribution in [-0.2, 0) is 9.53 Å². The van der Waals surface area contributed by atoms with E-state index in [0.717, 1.165) is 51.6 Å². The fourth-order valence-corrected chi connectivity index (χ4v) is 4.14. The lowest BCUT2D eigenvalue weighted by molar-refractivity contribution is -0.384. The Kier molecular flexibility index (Phi) is 6.71. The van der Waals surface area contributed by atoms with Crippen LogP contribution in [0.1, 0.15) is 62.7 Å². The smallest absolute Gasteiger partial charge is 0.339 e. The highest BCUT2D eigenvalue weighted by molar-refractivity contribution is 5.93. The van der Waals surface area contributed by atoms with Crippen LogP contribution in [0.4, 0.5) is 11.4 Å². The number of hydrogen-bond donors (Lipinski definition) is 1. The second kappa shape index (κ2) is 9.24. The predicted octanol–water partition coefficient (Wildman–Crippen LogP) is 3.44. The Morgan fingerprint density at radius 2 is 1.97 bits per heavy atom. The van der Waals surface area contributed by atoms with Gasteiger partial charge >= 0.3 is 5.97 Å². The molecule has 0 unspecified atom stereocenters. The number of hydrogen-bond acceptors (Lipinski definition) is 6. The molecular weight excluding hydrogens is 374 g/mol. The van der Waals surface area contributed by atoms with Crippen molar-refractivity contribution in [3.63, 3.8) is 0 Å². The van der Waals surface area contributed by atoms with Crippen LogP contribution in [0.2, 0.25) is 0 Å². The van der Waals surface area contributed by atoms with Crippen molar-refractivity contribution in [3.05, 3.63) is 33.9 Å². The van der Waals surface area contributed by atoms with E-state index in [-0.39, 0.29) is 23.2 Å². The number of esters is 1. The molecule has 3 rings (SSSR count). The molecule has 0 bridgehead atoms. The Labute approximate surface area is 170 Å². The number of nitrogens with zero attached hydrogens (tertiary/aromatic N) is 2. The summed E-state index contributed by atoms with van der Waals surface area (Å²) in [4.78, 5) is 37.8. The van der Waals surface area contributed by atoms with Crippen molar-refractivity contribution in [1.29, 1.82) is 0 Å². The second-order valence-corrected chi connectivity index (χ2v) is 8.19. The molecule has 0 aromatic heterocycles. The predicted molar refractivity (Wildman–Crippen MR) is 109 cm³/mol. The number of amides is 1. The quantitative estimate of drug-likeness (QED) is 0.443. The van der Waals surface area contributed by atoms with Gasteiger partial charge in [0, 0.05) is 25.2 Å². The lowest BCUT2D eigenvalue weighted by atomic mass is 9.99. The first-order valence-corrected chi connectivity index (χ1v) is 10.4. The first-order valence-electron chi connectivity index (χ1n) is 10.4. The lowest BCUT2D eigenvalue weighted by Crippen LogP contribution is -2.40. The summed E-state index contributed by atoms with van der Waals surface area (Å²) >= 11 is 0. The Balaban J connectivity index is 1.69. The molecule has 0 radical (unpaired) electrons. The number of ether oxygens (including phenoxy) is 1. The van der Waals surface area contributed by atoms with E-state index in [9.17, 15) is 19.7 Å². The summed E-state index contributed by atoms with van der Waals surface area (Å²) in [6.45, 7) is 5.15. The summed E-state index contributed by atoms with van der Waals surface area (Å²) in [5, 5.41) is 14.5. The minimum absolute atomic E-state index is 0.0750. The van der Waals surface area contributed by atoms with Crippen LogP contribution in [-0.4, -0.2) is 42.0 Å². The van der Waals surface area contributed by atoms with E-state index in [1.165, 1.54) is 19.1 Å². The molecule has 1 amide bonds. The minimum Gasteiger partial charge on any atom is -0.449 e. The first-order chi connectivity index (χ1) is 13.8. The van der Waals surface area contributed by atoms with Gasteiger partial charge in [0.15, 0.2) is 6.10 Å². The molecule has 1 saturated carbocycles. The average Bonchev–Trinajstić information content (AvgIpc) is 3.20. The Morgan fingerprint density at radius 1 is 1.24 bits per heavy atom. The Hall–Kier alpha value is -2.64. The number of carbonyl (C=O) groups is 2. The van der Waals surface area contributed by atoms with Crippen molar-refractivity contribution in [2.75, 3.05) is 18.0 Å². The standard InChI is InChI=1S/C21H29N3O5/c1-14-6-5-11-23(13-14)18-10-9-16(12-19(18)24(27)28)21(26)29-15(2)20(25)22-17-7-3-4-8-17/h9-10,12,14-15,17H,3-8,11,13H2,1-2H3,(H,22,25)/t14-,15+/m1/s1. The number of nitro benzene ring substituents is 1. The highest BCUT2D eigenvalue weighted by atomic mass is 16.6. The van der Waals surface area contributed by atoms with E-state index >= 15 is 0 Å². The molecule has 2 aliphatic rings. The molecule has 2 fully saturated rings. The fraction of sp³-hybridized carbons (Fsp3) is 0.619. The maximum atomic E-state index is 12.5. The molecule has 1 aromatic carbocycles. The van der Waals surface area contributed by atoms with Crippen molar-refractivity contribution in [1.82, 2.24) is 5.32 Å². The van der Waals surface area contributed by atoms with Crippen molar-refractivity contribution in [3.8, 4) is 0 Å². The molecule has 1 aromatic rings. The number of nitrogens with one attached hydrogen (secondary N) is 1. The SMILES string of the molecule is C[C@@H]1CCCN(c2ccc(C(=O)O[C@@H](C)C(=O)NC3CCCC3)cc2[N+](=O)[O-])C1. The molecule has 8 nitrogen and oxygen atoms in total. The molecule has 1 heterocycles. The number of rotatable bonds is 6. The molecule has 1 aliphatic carbocycles. The van der Waals surface area contributed by atoms with Crippen molar-refractivity contribution in [2.45, 2.75) is 64.5 Å². The molecule has 29 heavy (non-hydrogen) atoms. The van der Waals surface area contributed by atoms with Gasteiger partial charge in [0.05, 0.1) is 10.5 Å². The molecule has 0 spiro atoms. The second-order valence-electron chi connectivity index (χ2n) is 8.19. The fourth-order valence-electron chi connectivity index (χ4n) is 4.14. The van der Waals surface area contributed by atoms with Gasteiger partial charge in [0.2, 0.25) is 0 Å². The van der Waals surface area contributed by atoms with Crippen molar-refractivity contribution >= 4 is 23.3 Å². The van der Waals surface area contributed by atoms with Crippen LogP contribution in [0, 0.1) is 16.0 Å². The minimum atomic E-state index is -0.954. The number of benzene rings is 1.